The molecule has 20 heavy (non-hydrogen) atoms. The van der Waals surface area contributed by atoms with Crippen molar-refractivity contribution in [1.29, 1.82) is 0 Å². The average molecular weight is 297 g/mol. The van der Waals surface area contributed by atoms with Crippen LogP contribution in [-0.2, 0) is 14.6 Å². The second kappa shape index (κ2) is 5.74. The lowest BCUT2D eigenvalue weighted by Gasteiger charge is -2.11. The Balaban J connectivity index is 2.08. The van der Waals surface area contributed by atoms with E-state index in [4.69, 9.17) is 0 Å². The van der Waals surface area contributed by atoms with Crippen molar-refractivity contribution in [1.82, 2.24) is 4.90 Å². The molecule has 1 aromatic rings. The molecule has 7 heteroatoms. The second-order valence-corrected chi connectivity index (χ2v) is 6.37. The van der Waals surface area contributed by atoms with Gasteiger partial charge in [0.1, 0.15) is 0 Å². The molecule has 0 aliphatic carbocycles. The number of sulfone groups is 1. The van der Waals surface area contributed by atoms with Gasteiger partial charge in [-0.2, -0.15) is 0 Å². The third-order valence-corrected chi connectivity index (χ3v) is 4.46. The highest BCUT2D eigenvalue weighted by atomic mass is 32.2. The zero-order chi connectivity index (χ0) is 14.8. The van der Waals surface area contributed by atoms with E-state index in [1.54, 1.807) is 18.2 Å². The molecule has 0 aromatic heterocycles. The van der Waals surface area contributed by atoms with Crippen molar-refractivity contribution in [2.75, 3.05) is 13.1 Å². The Bertz CT molecular complexity index is 601. The maximum Gasteiger partial charge on any atom is 0.247 e. The zero-order valence-electron chi connectivity index (χ0n) is 10.6. The fraction of sp³-hybridized carbons (Fsp3) is 0.308. The molecule has 1 heterocycles. The molecule has 0 saturated carbocycles. The summed E-state index contributed by atoms with van der Waals surface area (Å²) >= 11 is 0. The van der Waals surface area contributed by atoms with Crippen LogP contribution in [0.15, 0.2) is 46.7 Å². The Hall–Kier alpha value is -1.70. The number of likely N-dealkylation sites (tertiary alicyclic amines) is 1. The number of hydrogen-bond donors (Lipinski definition) is 2. The summed E-state index contributed by atoms with van der Waals surface area (Å²) in [6, 6.07) is 7.76. The first kappa shape index (κ1) is 14.7. The summed E-state index contributed by atoms with van der Waals surface area (Å²) in [5.41, 5.74) is 0. The largest absolute Gasteiger partial charge is 0.388 e. The quantitative estimate of drug-likeness (QED) is 0.736. The van der Waals surface area contributed by atoms with Crippen molar-refractivity contribution in [2.24, 2.45) is 0 Å². The van der Waals surface area contributed by atoms with Crippen molar-refractivity contribution < 1.29 is 23.4 Å². The third-order valence-electron chi connectivity index (χ3n) is 3.03. The number of amides is 1. The molecule has 0 unspecified atom stereocenters. The molecule has 2 N–H and O–H groups in total. The predicted molar refractivity (Wildman–Crippen MR) is 71.4 cm³/mol. The molecule has 0 spiro atoms. The van der Waals surface area contributed by atoms with Crippen molar-refractivity contribution in [3.8, 4) is 0 Å². The first-order valence-corrected chi connectivity index (χ1v) is 7.58. The van der Waals surface area contributed by atoms with Crippen LogP contribution in [0.5, 0.6) is 0 Å². The summed E-state index contributed by atoms with van der Waals surface area (Å²) in [6.07, 6.45) is -1.04. The smallest absolute Gasteiger partial charge is 0.247 e. The number of benzene rings is 1. The van der Waals surface area contributed by atoms with E-state index in [0.29, 0.717) is 0 Å². The predicted octanol–water partition coefficient (Wildman–Crippen LogP) is -0.462. The number of aliphatic hydroxyl groups excluding tert-OH is 2. The van der Waals surface area contributed by atoms with Crippen molar-refractivity contribution in [2.45, 2.75) is 17.1 Å². The van der Waals surface area contributed by atoms with Gasteiger partial charge in [0.25, 0.3) is 0 Å². The van der Waals surface area contributed by atoms with Crippen molar-refractivity contribution in [3.63, 3.8) is 0 Å². The molecular formula is C13H15NO5S. The number of aliphatic hydroxyl groups is 2. The van der Waals surface area contributed by atoms with Crippen LogP contribution < -0.4 is 0 Å². The van der Waals surface area contributed by atoms with Crippen LogP contribution in [0.1, 0.15) is 0 Å². The minimum Gasteiger partial charge on any atom is -0.388 e. The minimum absolute atomic E-state index is 0.00424. The molecule has 1 aliphatic rings. The monoisotopic (exact) mass is 297 g/mol. The minimum atomic E-state index is -3.67. The van der Waals surface area contributed by atoms with Gasteiger partial charge in [-0.3, -0.25) is 4.79 Å². The number of carbonyl (C=O) groups excluding carboxylic acids is 1. The van der Waals surface area contributed by atoms with E-state index in [1.807, 2.05) is 0 Å². The first-order chi connectivity index (χ1) is 9.40. The molecule has 2 atom stereocenters. The lowest BCUT2D eigenvalue weighted by atomic mass is 10.3. The van der Waals surface area contributed by atoms with E-state index in [1.165, 1.54) is 17.0 Å². The lowest BCUT2D eigenvalue weighted by molar-refractivity contribution is -0.125. The molecule has 108 valence electrons. The van der Waals surface area contributed by atoms with Gasteiger partial charge in [0, 0.05) is 24.6 Å². The van der Waals surface area contributed by atoms with Crippen LogP contribution in [0.3, 0.4) is 0 Å². The van der Waals surface area contributed by atoms with Crippen LogP contribution in [-0.4, -0.2) is 54.7 Å². The standard InChI is InChI=1S/C13H15NO5S/c15-11-8-14(9-12(11)16)13(17)6-7-20(18,19)10-4-2-1-3-5-10/h1-7,11-12,15-16H,8-9H2/t11-,12+. The van der Waals surface area contributed by atoms with Gasteiger partial charge in [-0.1, -0.05) is 18.2 Å². The Morgan fingerprint density at radius 2 is 1.70 bits per heavy atom. The summed E-state index contributed by atoms with van der Waals surface area (Å²) in [7, 11) is -3.67. The molecular weight excluding hydrogens is 282 g/mol. The maximum atomic E-state index is 11.9. The van der Waals surface area contributed by atoms with Gasteiger partial charge < -0.3 is 15.1 Å². The molecule has 1 aliphatic heterocycles. The molecule has 1 amide bonds. The van der Waals surface area contributed by atoms with E-state index in [0.717, 1.165) is 11.5 Å². The van der Waals surface area contributed by atoms with Crippen LogP contribution >= 0.6 is 0 Å². The molecule has 1 saturated heterocycles. The van der Waals surface area contributed by atoms with E-state index < -0.39 is 28.0 Å². The number of hydrogen-bond acceptors (Lipinski definition) is 5. The highest BCUT2D eigenvalue weighted by molar-refractivity contribution is 7.94. The summed E-state index contributed by atoms with van der Waals surface area (Å²) in [5, 5.41) is 19.5. The van der Waals surface area contributed by atoms with Gasteiger partial charge >= 0.3 is 0 Å². The summed E-state index contributed by atoms with van der Waals surface area (Å²) in [5.74, 6) is -0.555. The normalized spacial score (nSPS) is 23.4. The van der Waals surface area contributed by atoms with Crippen molar-refractivity contribution >= 4 is 15.7 Å². The van der Waals surface area contributed by atoms with Gasteiger partial charge in [-0.15, -0.1) is 0 Å². The Labute approximate surface area is 116 Å². The van der Waals surface area contributed by atoms with E-state index in [2.05, 4.69) is 0 Å². The topological polar surface area (TPSA) is 94.9 Å². The molecule has 2 rings (SSSR count). The van der Waals surface area contributed by atoms with Crippen LogP contribution in [0.25, 0.3) is 0 Å². The number of β-amino-alcohol motifs (C(OH)–C–C–N with tert-alkyl or cyclic N) is 2. The van der Waals surface area contributed by atoms with Crippen LogP contribution in [0.4, 0.5) is 0 Å². The number of nitrogens with zero attached hydrogens (tertiary/aromatic N) is 1. The van der Waals surface area contributed by atoms with Gasteiger partial charge in [-0.05, 0) is 12.1 Å². The molecule has 0 bridgehead atoms. The SMILES string of the molecule is O=C(C=CS(=O)(=O)c1ccccc1)N1C[C@@H](O)[C@@H](O)C1. The fourth-order valence-electron chi connectivity index (χ4n) is 1.89. The van der Waals surface area contributed by atoms with Gasteiger partial charge in [0.15, 0.2) is 9.84 Å². The first-order valence-electron chi connectivity index (χ1n) is 6.03. The summed E-state index contributed by atoms with van der Waals surface area (Å²) < 4.78 is 23.8. The molecule has 6 nitrogen and oxygen atoms in total. The fourth-order valence-corrected chi connectivity index (χ4v) is 2.88. The average Bonchev–Trinajstić information content (AvgIpc) is 2.77. The van der Waals surface area contributed by atoms with Gasteiger partial charge in [0.2, 0.25) is 5.91 Å². The summed E-state index contributed by atoms with van der Waals surface area (Å²) in [4.78, 5) is 13.1. The number of rotatable bonds is 3. The van der Waals surface area contributed by atoms with Crippen LogP contribution in [0.2, 0.25) is 0 Å². The highest BCUT2D eigenvalue weighted by Gasteiger charge is 2.31. The van der Waals surface area contributed by atoms with E-state index in [-0.39, 0.29) is 18.0 Å². The van der Waals surface area contributed by atoms with Crippen LogP contribution in [0, 0.1) is 0 Å². The van der Waals surface area contributed by atoms with Gasteiger partial charge in [-0.25, -0.2) is 8.42 Å². The molecule has 1 fully saturated rings. The van der Waals surface area contributed by atoms with Gasteiger partial charge in [0.05, 0.1) is 17.1 Å². The molecule has 0 radical (unpaired) electrons. The highest BCUT2D eigenvalue weighted by Crippen LogP contribution is 2.13. The Morgan fingerprint density at radius 1 is 1.15 bits per heavy atom. The zero-order valence-corrected chi connectivity index (χ0v) is 11.4. The second-order valence-electron chi connectivity index (χ2n) is 4.54. The van der Waals surface area contributed by atoms with E-state index in [9.17, 15) is 23.4 Å². The van der Waals surface area contributed by atoms with E-state index >= 15 is 0 Å². The third kappa shape index (κ3) is 3.24. The maximum absolute atomic E-state index is 11.9. The Morgan fingerprint density at radius 3 is 2.25 bits per heavy atom. The summed E-state index contributed by atoms with van der Waals surface area (Å²) in [6.45, 7) is -0.00848. The van der Waals surface area contributed by atoms with Crippen molar-refractivity contribution in [3.05, 3.63) is 41.8 Å². The Kier molecular flexibility index (Phi) is 4.22. The lowest BCUT2D eigenvalue weighted by Crippen LogP contribution is -2.28. The molecule has 1 aromatic carbocycles. The number of carbonyl (C=O) groups is 1.